The van der Waals surface area contributed by atoms with Gasteiger partial charge in [0.25, 0.3) is 0 Å². The van der Waals surface area contributed by atoms with Gasteiger partial charge in [-0.15, -0.1) is 0 Å². The Bertz CT molecular complexity index is 971. The minimum atomic E-state index is -0.968. The van der Waals surface area contributed by atoms with Crippen LogP contribution in [0.5, 0.6) is 23.0 Å². The molecular formula is C24H29NO6. The fourth-order valence-electron chi connectivity index (χ4n) is 4.22. The molecule has 0 bridgehead atoms. The summed E-state index contributed by atoms with van der Waals surface area (Å²) >= 11 is 0. The van der Waals surface area contributed by atoms with Crippen LogP contribution in [0.15, 0.2) is 42.5 Å². The predicted octanol–water partition coefficient (Wildman–Crippen LogP) is 3.34. The molecule has 0 aliphatic carbocycles. The fourth-order valence-corrected chi connectivity index (χ4v) is 4.22. The highest BCUT2D eigenvalue weighted by atomic mass is 16.5. The first-order valence-electron chi connectivity index (χ1n) is 10.1. The average Bonchev–Trinajstić information content (AvgIpc) is 2.78. The van der Waals surface area contributed by atoms with Crippen molar-refractivity contribution in [1.29, 1.82) is 0 Å². The first-order valence-corrected chi connectivity index (χ1v) is 10.1. The van der Waals surface area contributed by atoms with E-state index in [0.29, 0.717) is 35.8 Å². The Labute approximate surface area is 182 Å². The molecular weight excluding hydrogens is 398 g/mol. The highest BCUT2D eigenvalue weighted by Gasteiger charge is 2.37. The van der Waals surface area contributed by atoms with E-state index >= 15 is 0 Å². The number of hydrogen-bond acceptors (Lipinski definition) is 6. The van der Waals surface area contributed by atoms with E-state index in [1.807, 2.05) is 30.3 Å². The second kappa shape index (κ2) is 9.75. The Morgan fingerprint density at radius 2 is 1.65 bits per heavy atom. The molecule has 0 aromatic heterocycles. The van der Waals surface area contributed by atoms with Crippen molar-refractivity contribution in [3.63, 3.8) is 0 Å². The largest absolute Gasteiger partial charge is 0.493 e. The molecule has 0 spiro atoms. The van der Waals surface area contributed by atoms with Crippen LogP contribution in [-0.2, 0) is 23.2 Å². The van der Waals surface area contributed by atoms with Gasteiger partial charge in [0.1, 0.15) is 0 Å². The number of carboxylic acids is 1. The van der Waals surface area contributed by atoms with E-state index in [4.69, 9.17) is 24.1 Å². The van der Waals surface area contributed by atoms with Crippen molar-refractivity contribution in [3.05, 3.63) is 59.2 Å². The van der Waals surface area contributed by atoms with Gasteiger partial charge in [0.15, 0.2) is 23.0 Å². The molecule has 0 amide bonds. The fraction of sp³-hybridized carbons (Fsp3) is 0.375. The zero-order chi connectivity index (χ0) is 22.4. The van der Waals surface area contributed by atoms with E-state index in [0.717, 1.165) is 29.7 Å². The third-order valence-electron chi connectivity index (χ3n) is 5.66. The molecule has 1 aliphatic heterocycles. The smallest absolute Gasteiger partial charge is 0.327 e. The molecule has 2 aromatic carbocycles. The number of carbonyl (C=O) groups is 1. The van der Waals surface area contributed by atoms with Crippen LogP contribution in [0.2, 0.25) is 0 Å². The zero-order valence-corrected chi connectivity index (χ0v) is 18.4. The number of methoxy groups -OCH3 is 4. The van der Waals surface area contributed by atoms with Crippen LogP contribution >= 0.6 is 0 Å². The highest BCUT2D eigenvalue weighted by Crippen LogP contribution is 2.42. The third-order valence-corrected chi connectivity index (χ3v) is 5.66. The van der Waals surface area contributed by atoms with E-state index in [1.54, 1.807) is 34.5 Å². The molecule has 3 rings (SSSR count). The molecule has 0 unspecified atom stereocenters. The monoisotopic (exact) mass is 427 g/mol. The molecule has 1 atom stereocenters. The van der Waals surface area contributed by atoms with Crippen LogP contribution in [0.4, 0.5) is 0 Å². The van der Waals surface area contributed by atoms with Crippen LogP contribution in [0, 0.1) is 0 Å². The van der Waals surface area contributed by atoms with Gasteiger partial charge in [-0.1, -0.05) is 12.1 Å². The molecule has 0 saturated heterocycles. The highest BCUT2D eigenvalue weighted by molar-refractivity contribution is 5.79. The summed E-state index contributed by atoms with van der Waals surface area (Å²) in [5, 5.41) is 12.8. The molecule has 7 nitrogen and oxygen atoms in total. The van der Waals surface area contributed by atoms with E-state index in [-0.39, 0.29) is 0 Å². The molecule has 0 saturated carbocycles. The number of fused-ring (bicyclic) bond motifs is 1. The maximum Gasteiger partial charge on any atom is 0.327 e. The minimum Gasteiger partial charge on any atom is -0.493 e. The molecule has 0 fully saturated rings. The van der Waals surface area contributed by atoms with E-state index in [9.17, 15) is 4.79 Å². The lowest BCUT2D eigenvalue weighted by molar-refractivity contribution is -0.131. The van der Waals surface area contributed by atoms with Gasteiger partial charge in [0.2, 0.25) is 0 Å². The Morgan fingerprint density at radius 1 is 1.00 bits per heavy atom. The predicted molar refractivity (Wildman–Crippen MR) is 118 cm³/mol. The van der Waals surface area contributed by atoms with Crippen LogP contribution in [0.1, 0.15) is 23.1 Å². The van der Waals surface area contributed by atoms with Gasteiger partial charge < -0.3 is 29.4 Å². The van der Waals surface area contributed by atoms with Crippen LogP contribution in [-0.4, -0.2) is 46.1 Å². The number of rotatable bonds is 9. The number of aliphatic carboxylic acids is 1. The van der Waals surface area contributed by atoms with Crippen LogP contribution in [0.3, 0.4) is 0 Å². The number of benzene rings is 2. The Hall–Kier alpha value is -3.19. The topological polar surface area (TPSA) is 86.3 Å². The molecule has 31 heavy (non-hydrogen) atoms. The SMILES string of the molecule is COc1ccc(C[C@@]2(CC=CC(=O)O)NCCc3cc(OC)c(OC)cc32)cc1OC. The lowest BCUT2D eigenvalue weighted by Crippen LogP contribution is -2.48. The third kappa shape index (κ3) is 4.77. The molecule has 1 heterocycles. The maximum absolute atomic E-state index is 11.1. The van der Waals surface area contributed by atoms with E-state index in [1.165, 1.54) is 6.08 Å². The minimum absolute atomic E-state index is 0.496. The molecule has 2 aromatic rings. The Kier molecular flexibility index (Phi) is 7.07. The normalized spacial score (nSPS) is 17.8. The first-order chi connectivity index (χ1) is 15.0. The van der Waals surface area contributed by atoms with E-state index in [2.05, 4.69) is 5.32 Å². The summed E-state index contributed by atoms with van der Waals surface area (Å²) in [6.07, 6.45) is 4.84. The Morgan fingerprint density at radius 3 is 2.29 bits per heavy atom. The summed E-state index contributed by atoms with van der Waals surface area (Å²) in [6, 6.07) is 9.85. The van der Waals surface area contributed by atoms with Gasteiger partial charge >= 0.3 is 5.97 Å². The average molecular weight is 427 g/mol. The van der Waals surface area contributed by atoms with Gasteiger partial charge in [-0.3, -0.25) is 0 Å². The van der Waals surface area contributed by atoms with Crippen molar-refractivity contribution in [2.24, 2.45) is 0 Å². The van der Waals surface area contributed by atoms with Crippen molar-refractivity contribution in [2.75, 3.05) is 35.0 Å². The summed E-state index contributed by atoms with van der Waals surface area (Å²) in [7, 11) is 6.45. The summed E-state index contributed by atoms with van der Waals surface area (Å²) < 4.78 is 21.9. The molecule has 7 heteroatoms. The van der Waals surface area contributed by atoms with Gasteiger partial charge in [0.05, 0.1) is 34.0 Å². The van der Waals surface area contributed by atoms with Gasteiger partial charge in [-0.05, 0) is 60.2 Å². The molecule has 0 radical (unpaired) electrons. The summed E-state index contributed by atoms with van der Waals surface area (Å²) in [6.45, 7) is 0.761. The van der Waals surface area contributed by atoms with Crippen molar-refractivity contribution in [2.45, 2.75) is 24.8 Å². The number of hydrogen-bond donors (Lipinski definition) is 2. The lowest BCUT2D eigenvalue weighted by Gasteiger charge is -2.40. The van der Waals surface area contributed by atoms with E-state index < -0.39 is 11.5 Å². The molecule has 2 N–H and O–H groups in total. The lowest BCUT2D eigenvalue weighted by atomic mass is 9.75. The van der Waals surface area contributed by atoms with Gasteiger partial charge in [-0.2, -0.15) is 0 Å². The summed E-state index contributed by atoms with van der Waals surface area (Å²) in [5.74, 6) is 1.67. The van der Waals surface area contributed by atoms with Crippen LogP contribution in [0.25, 0.3) is 0 Å². The first kappa shape index (κ1) is 22.5. The van der Waals surface area contributed by atoms with Crippen LogP contribution < -0.4 is 24.3 Å². The maximum atomic E-state index is 11.1. The van der Waals surface area contributed by atoms with Crippen molar-refractivity contribution < 1.29 is 28.8 Å². The zero-order valence-electron chi connectivity index (χ0n) is 18.4. The second-order valence-corrected chi connectivity index (χ2v) is 7.43. The summed E-state index contributed by atoms with van der Waals surface area (Å²) in [4.78, 5) is 11.1. The molecule has 166 valence electrons. The number of nitrogens with one attached hydrogen (secondary N) is 1. The standard InChI is InChI=1S/C24H29NO6/c1-28-19-8-7-16(12-20(19)29-2)15-24(10-5-6-23(26)27)18-14-22(31-4)21(30-3)13-17(18)9-11-25-24/h5-8,12-14,25H,9-11,15H2,1-4H3,(H,26,27)/t24-/m1/s1. The van der Waals surface area contributed by atoms with Gasteiger partial charge in [-0.25, -0.2) is 4.79 Å². The Balaban J connectivity index is 2.10. The van der Waals surface area contributed by atoms with Crippen molar-refractivity contribution >= 4 is 5.97 Å². The quantitative estimate of drug-likeness (QED) is 0.594. The second-order valence-electron chi connectivity index (χ2n) is 7.43. The molecule has 1 aliphatic rings. The number of ether oxygens (including phenoxy) is 4. The number of carboxylic acid groups (broad SMARTS) is 1. The van der Waals surface area contributed by atoms with Crippen molar-refractivity contribution in [1.82, 2.24) is 5.32 Å². The van der Waals surface area contributed by atoms with Gasteiger partial charge in [0, 0.05) is 12.6 Å². The summed E-state index contributed by atoms with van der Waals surface area (Å²) in [5.41, 5.74) is 2.75. The van der Waals surface area contributed by atoms with Crippen molar-refractivity contribution in [3.8, 4) is 23.0 Å².